The van der Waals surface area contributed by atoms with Crippen molar-refractivity contribution in [3.05, 3.63) is 33.5 Å². The number of aromatic nitrogens is 3. The van der Waals surface area contributed by atoms with E-state index in [4.69, 9.17) is 17.3 Å². The normalized spacial score (nSPS) is 10.5. The number of hydrogen-bond donors (Lipinski definition) is 1. The summed E-state index contributed by atoms with van der Waals surface area (Å²) < 4.78 is 0.748. The van der Waals surface area contributed by atoms with Crippen LogP contribution in [0.15, 0.2) is 22.8 Å². The van der Waals surface area contributed by atoms with E-state index in [-0.39, 0.29) is 0 Å². The Morgan fingerprint density at radius 2 is 2.12 bits per heavy atom. The van der Waals surface area contributed by atoms with Crippen LogP contribution in [0.1, 0.15) is 12.6 Å². The number of nitrogen functional groups attached to an aromatic ring is 1. The van der Waals surface area contributed by atoms with E-state index >= 15 is 0 Å². The van der Waals surface area contributed by atoms with E-state index in [1.54, 1.807) is 18.3 Å². The molecule has 0 aliphatic carbocycles. The molecule has 4 nitrogen and oxygen atoms in total. The highest BCUT2D eigenvalue weighted by atomic mass is 79.9. The monoisotopic (exact) mass is 312 g/mol. The zero-order valence-corrected chi connectivity index (χ0v) is 11.5. The van der Waals surface area contributed by atoms with Crippen LogP contribution in [0, 0.1) is 0 Å². The van der Waals surface area contributed by atoms with E-state index in [0.717, 1.165) is 16.6 Å². The van der Waals surface area contributed by atoms with Crippen LogP contribution in [-0.2, 0) is 6.42 Å². The van der Waals surface area contributed by atoms with Crippen molar-refractivity contribution in [2.45, 2.75) is 13.3 Å². The third-order valence-electron chi connectivity index (χ3n) is 2.24. The summed E-state index contributed by atoms with van der Waals surface area (Å²) in [6.45, 7) is 2.01. The standard InChI is InChI=1S/C11H10BrClN4/c1-2-7-9(12)10(14)17-11(16-7)8-4-3-6(13)5-15-8/h3-5H,2H2,1H3,(H2,14,16,17). The maximum Gasteiger partial charge on any atom is 0.180 e. The Hall–Kier alpha value is -1.20. The van der Waals surface area contributed by atoms with Crippen LogP contribution < -0.4 is 5.73 Å². The first kappa shape index (κ1) is 12.3. The molecule has 0 spiro atoms. The summed E-state index contributed by atoms with van der Waals surface area (Å²) in [6, 6.07) is 3.52. The molecule has 6 heteroatoms. The van der Waals surface area contributed by atoms with Crippen molar-refractivity contribution in [2.75, 3.05) is 5.73 Å². The van der Waals surface area contributed by atoms with Gasteiger partial charge in [0.2, 0.25) is 0 Å². The highest BCUT2D eigenvalue weighted by Crippen LogP contribution is 2.24. The second-order valence-electron chi connectivity index (χ2n) is 3.41. The number of nitrogens with two attached hydrogens (primary N) is 1. The minimum Gasteiger partial charge on any atom is -0.383 e. The lowest BCUT2D eigenvalue weighted by molar-refractivity contribution is 0.989. The van der Waals surface area contributed by atoms with Crippen LogP contribution in [0.5, 0.6) is 0 Å². The molecule has 0 saturated heterocycles. The number of anilines is 1. The Morgan fingerprint density at radius 3 is 2.71 bits per heavy atom. The van der Waals surface area contributed by atoms with Gasteiger partial charge in [0.05, 0.1) is 15.2 Å². The summed E-state index contributed by atoms with van der Waals surface area (Å²) in [5.74, 6) is 0.933. The molecular formula is C11H10BrClN4. The molecule has 0 unspecified atom stereocenters. The lowest BCUT2D eigenvalue weighted by atomic mass is 10.3. The van der Waals surface area contributed by atoms with Crippen molar-refractivity contribution in [1.82, 2.24) is 15.0 Å². The molecule has 0 aliphatic heterocycles. The topological polar surface area (TPSA) is 64.7 Å². The van der Waals surface area contributed by atoms with Crippen molar-refractivity contribution in [1.29, 1.82) is 0 Å². The molecule has 0 aliphatic rings. The number of rotatable bonds is 2. The predicted molar refractivity (Wildman–Crippen MR) is 71.8 cm³/mol. The fourth-order valence-electron chi connectivity index (χ4n) is 1.37. The van der Waals surface area contributed by atoms with E-state index < -0.39 is 0 Å². The predicted octanol–water partition coefficient (Wildman–Crippen LogP) is 3.10. The van der Waals surface area contributed by atoms with Gasteiger partial charge in [-0.2, -0.15) is 0 Å². The number of aryl methyl sites for hydroxylation is 1. The van der Waals surface area contributed by atoms with Crippen molar-refractivity contribution in [3.8, 4) is 11.5 Å². The summed E-state index contributed by atoms with van der Waals surface area (Å²) in [6.07, 6.45) is 2.33. The van der Waals surface area contributed by atoms with Gasteiger partial charge >= 0.3 is 0 Å². The summed E-state index contributed by atoms with van der Waals surface area (Å²) in [7, 11) is 0. The number of hydrogen-bond acceptors (Lipinski definition) is 4. The fraction of sp³-hybridized carbons (Fsp3) is 0.182. The molecular weight excluding hydrogens is 304 g/mol. The van der Waals surface area contributed by atoms with Crippen LogP contribution in [0.2, 0.25) is 5.02 Å². The van der Waals surface area contributed by atoms with Crippen LogP contribution in [0.3, 0.4) is 0 Å². The first-order valence-corrected chi connectivity index (χ1v) is 6.22. The van der Waals surface area contributed by atoms with E-state index in [1.165, 1.54) is 0 Å². The molecule has 2 aromatic heterocycles. The smallest absolute Gasteiger partial charge is 0.180 e. The fourth-order valence-corrected chi connectivity index (χ4v) is 1.94. The van der Waals surface area contributed by atoms with Crippen LogP contribution >= 0.6 is 27.5 Å². The van der Waals surface area contributed by atoms with Crippen LogP contribution in [-0.4, -0.2) is 15.0 Å². The van der Waals surface area contributed by atoms with Gasteiger partial charge in [0.25, 0.3) is 0 Å². The quantitative estimate of drug-likeness (QED) is 0.925. The zero-order valence-electron chi connectivity index (χ0n) is 9.11. The first-order valence-electron chi connectivity index (χ1n) is 5.05. The maximum absolute atomic E-state index is 5.81. The SMILES string of the molecule is CCc1nc(-c2ccc(Cl)cn2)nc(N)c1Br. The average molecular weight is 314 g/mol. The Kier molecular flexibility index (Phi) is 3.59. The molecule has 2 heterocycles. The van der Waals surface area contributed by atoms with E-state index in [0.29, 0.717) is 22.4 Å². The molecule has 0 bridgehead atoms. The Morgan fingerprint density at radius 1 is 1.35 bits per heavy atom. The van der Waals surface area contributed by atoms with Crippen molar-refractivity contribution in [2.24, 2.45) is 0 Å². The summed E-state index contributed by atoms with van der Waals surface area (Å²) in [4.78, 5) is 12.8. The second-order valence-corrected chi connectivity index (χ2v) is 4.64. The highest BCUT2D eigenvalue weighted by Gasteiger charge is 2.10. The van der Waals surface area contributed by atoms with Gasteiger partial charge in [0.15, 0.2) is 5.82 Å². The lowest BCUT2D eigenvalue weighted by Gasteiger charge is -2.06. The molecule has 0 aromatic carbocycles. The molecule has 88 valence electrons. The van der Waals surface area contributed by atoms with Gasteiger partial charge in [-0.3, -0.25) is 4.98 Å². The molecule has 2 aromatic rings. The Bertz CT molecular complexity index is 542. The molecule has 0 amide bonds. The zero-order chi connectivity index (χ0) is 12.4. The van der Waals surface area contributed by atoms with Crippen molar-refractivity contribution < 1.29 is 0 Å². The lowest BCUT2D eigenvalue weighted by Crippen LogP contribution is -2.02. The third kappa shape index (κ3) is 2.56. The first-order chi connectivity index (χ1) is 8.11. The van der Waals surface area contributed by atoms with Gasteiger partial charge in [-0.1, -0.05) is 18.5 Å². The molecule has 2 N–H and O–H groups in total. The average Bonchev–Trinajstić information content (AvgIpc) is 2.33. The van der Waals surface area contributed by atoms with Gasteiger partial charge in [0, 0.05) is 6.20 Å². The third-order valence-corrected chi connectivity index (χ3v) is 3.32. The highest BCUT2D eigenvalue weighted by molar-refractivity contribution is 9.10. The molecule has 0 fully saturated rings. The van der Waals surface area contributed by atoms with Crippen LogP contribution in [0.25, 0.3) is 11.5 Å². The van der Waals surface area contributed by atoms with Gasteiger partial charge < -0.3 is 5.73 Å². The van der Waals surface area contributed by atoms with E-state index in [2.05, 4.69) is 30.9 Å². The van der Waals surface area contributed by atoms with Gasteiger partial charge in [0.1, 0.15) is 11.5 Å². The Labute approximate surface area is 112 Å². The van der Waals surface area contributed by atoms with Gasteiger partial charge in [-0.15, -0.1) is 0 Å². The minimum absolute atomic E-state index is 0.420. The molecule has 2 rings (SSSR count). The number of pyridine rings is 1. The van der Waals surface area contributed by atoms with Crippen molar-refractivity contribution >= 4 is 33.3 Å². The molecule has 17 heavy (non-hydrogen) atoms. The minimum atomic E-state index is 0.420. The number of halogens is 2. The summed E-state index contributed by atoms with van der Waals surface area (Å²) >= 11 is 9.15. The van der Waals surface area contributed by atoms with Crippen molar-refractivity contribution in [3.63, 3.8) is 0 Å². The van der Waals surface area contributed by atoms with E-state index in [9.17, 15) is 0 Å². The summed E-state index contributed by atoms with van der Waals surface area (Å²) in [5.41, 5.74) is 7.33. The Balaban J connectivity index is 2.52. The van der Waals surface area contributed by atoms with Gasteiger partial charge in [-0.05, 0) is 34.5 Å². The summed E-state index contributed by atoms with van der Waals surface area (Å²) in [5, 5.41) is 0.578. The second kappa shape index (κ2) is 4.98. The molecule has 0 radical (unpaired) electrons. The van der Waals surface area contributed by atoms with E-state index in [1.807, 2.05) is 6.92 Å². The van der Waals surface area contributed by atoms with Crippen LogP contribution in [0.4, 0.5) is 5.82 Å². The number of nitrogens with zero attached hydrogens (tertiary/aromatic N) is 3. The largest absolute Gasteiger partial charge is 0.383 e. The molecule has 0 atom stereocenters. The maximum atomic E-state index is 5.81. The van der Waals surface area contributed by atoms with Gasteiger partial charge in [-0.25, -0.2) is 9.97 Å². The molecule has 0 saturated carbocycles.